The zero-order chi connectivity index (χ0) is 34.7. The van der Waals surface area contributed by atoms with Crippen LogP contribution in [0.15, 0.2) is 23.3 Å². The maximum absolute atomic E-state index is 12.1. The van der Waals surface area contributed by atoms with Crippen LogP contribution < -0.4 is 10.6 Å². The predicted octanol–water partition coefficient (Wildman–Crippen LogP) is 0.178. The molecule has 2 fully saturated rings. The van der Waals surface area contributed by atoms with E-state index in [9.17, 15) is 35.1 Å². The van der Waals surface area contributed by atoms with Gasteiger partial charge in [-0.1, -0.05) is 13.8 Å². The summed E-state index contributed by atoms with van der Waals surface area (Å²) in [5, 5.41) is 59.3. The Morgan fingerprint density at radius 3 is 2.22 bits per heavy atom. The van der Waals surface area contributed by atoms with Crippen LogP contribution in [0.1, 0.15) is 67.2 Å². The smallest absolute Gasteiger partial charge is 0.255 e. The number of aliphatic hydroxyl groups excluding tert-OH is 5. The van der Waals surface area contributed by atoms with Gasteiger partial charge in [0.25, 0.3) is 6.29 Å². The minimum atomic E-state index is -1.94. The lowest BCUT2D eigenvalue weighted by atomic mass is 9.97. The van der Waals surface area contributed by atoms with Crippen molar-refractivity contribution >= 4 is 11.8 Å². The molecule has 12 unspecified atom stereocenters. The summed E-state index contributed by atoms with van der Waals surface area (Å²) in [5.41, 5.74) is -0.285. The molecule has 2 rings (SSSR count). The summed E-state index contributed by atoms with van der Waals surface area (Å²) in [6, 6.07) is -0.743. The van der Waals surface area contributed by atoms with Crippen LogP contribution in [0.2, 0.25) is 0 Å². The van der Waals surface area contributed by atoms with Crippen LogP contribution >= 0.6 is 0 Å². The Morgan fingerprint density at radius 2 is 1.67 bits per heavy atom. The minimum Gasteiger partial charge on any atom is -0.506 e. The fraction of sp³-hybridized carbons (Fsp3) is 0.800. The topological polar surface area (TPSA) is 224 Å². The third kappa shape index (κ3) is 11.1. The van der Waals surface area contributed by atoms with Gasteiger partial charge >= 0.3 is 0 Å². The van der Waals surface area contributed by atoms with E-state index < -0.39 is 79.5 Å². The van der Waals surface area contributed by atoms with Crippen molar-refractivity contribution in [3.05, 3.63) is 23.3 Å². The number of allylic oxidation sites excluding steroid dienone is 1. The molecule has 0 aromatic rings. The lowest BCUT2D eigenvalue weighted by Crippen LogP contribution is -2.63. The number of methoxy groups -OCH3 is 2. The number of nitrogens with one attached hydrogen (secondary N) is 2. The van der Waals surface area contributed by atoms with Crippen molar-refractivity contribution in [3.8, 4) is 0 Å². The van der Waals surface area contributed by atoms with E-state index in [0.29, 0.717) is 19.3 Å². The molecule has 0 spiro atoms. The molecule has 16 nitrogen and oxygen atoms in total. The quantitative estimate of drug-likeness (QED) is 0.0864. The summed E-state index contributed by atoms with van der Waals surface area (Å²) in [4.78, 5) is 24.0. The zero-order valence-corrected chi connectivity index (χ0v) is 27.7. The van der Waals surface area contributed by atoms with Gasteiger partial charge in [-0.2, -0.15) is 0 Å². The van der Waals surface area contributed by atoms with Crippen LogP contribution in [0.5, 0.6) is 0 Å². The summed E-state index contributed by atoms with van der Waals surface area (Å²) >= 11 is 0. The molecule has 12 atom stereocenters. The first-order valence-corrected chi connectivity index (χ1v) is 15.4. The number of hydrogen-bond donors (Lipinski definition) is 7. The maximum atomic E-state index is 12.1. The van der Waals surface area contributed by atoms with Crippen LogP contribution in [-0.2, 0) is 42.7 Å². The van der Waals surface area contributed by atoms with Gasteiger partial charge in [0.1, 0.15) is 35.8 Å². The lowest BCUT2D eigenvalue weighted by molar-refractivity contribution is -0.334. The number of carbonyl (C=O) groups excluding carboxylic acids is 2. The molecule has 2 aliphatic heterocycles. The highest BCUT2D eigenvalue weighted by Crippen LogP contribution is 2.31. The van der Waals surface area contributed by atoms with Gasteiger partial charge in [-0.05, 0) is 32.8 Å². The van der Waals surface area contributed by atoms with E-state index in [-0.39, 0.29) is 29.9 Å². The van der Waals surface area contributed by atoms with Crippen LogP contribution in [0, 0.1) is 0 Å². The van der Waals surface area contributed by atoms with E-state index in [1.807, 2.05) is 6.92 Å². The van der Waals surface area contributed by atoms with Gasteiger partial charge in [-0.15, -0.1) is 0 Å². The maximum Gasteiger partial charge on any atom is 0.255 e. The first-order valence-electron chi connectivity index (χ1n) is 15.4. The second kappa shape index (κ2) is 18.8. The Labute approximate surface area is 269 Å². The Bertz CT molecular complexity index is 1040. The number of aliphatic hydroxyl groups is 5. The number of ether oxygens (including phenoxy) is 7. The lowest BCUT2D eigenvalue weighted by Gasteiger charge is -2.46. The van der Waals surface area contributed by atoms with E-state index in [1.54, 1.807) is 13.8 Å². The van der Waals surface area contributed by atoms with Gasteiger partial charge in [-0.3, -0.25) is 9.59 Å². The molecular formula is C30H52N2O14. The Kier molecular flexibility index (Phi) is 16.3. The molecule has 46 heavy (non-hydrogen) atoms. The number of carbonyl (C=O) groups is 2. The summed E-state index contributed by atoms with van der Waals surface area (Å²) in [6.07, 6.45) is -10.6. The van der Waals surface area contributed by atoms with Gasteiger partial charge in [-0.25, -0.2) is 0 Å². The fourth-order valence-corrected chi connectivity index (χ4v) is 5.22. The first kappa shape index (κ1) is 39.8. The SMILES string of the molecule is CCC/C(OC(O)/C(O)=C\C(CC)OC)=C(\NC(C)=O)C(O)OC1C(C)OC(OC2CC(C)OC(OC)C2NC(C)=O)C(O)C1O. The summed E-state index contributed by atoms with van der Waals surface area (Å²) < 4.78 is 39.5. The molecule has 7 N–H and O–H groups in total. The molecule has 2 heterocycles. The fourth-order valence-electron chi connectivity index (χ4n) is 5.22. The average Bonchev–Trinajstić information content (AvgIpc) is 2.99. The minimum absolute atomic E-state index is 0.0983. The van der Waals surface area contributed by atoms with E-state index in [1.165, 1.54) is 41.1 Å². The Morgan fingerprint density at radius 1 is 1.00 bits per heavy atom. The van der Waals surface area contributed by atoms with E-state index in [0.717, 1.165) is 0 Å². The van der Waals surface area contributed by atoms with Crippen LogP contribution in [0.3, 0.4) is 0 Å². The molecule has 0 saturated carbocycles. The van der Waals surface area contributed by atoms with Gasteiger partial charge in [0.2, 0.25) is 11.8 Å². The van der Waals surface area contributed by atoms with Crippen LogP contribution in [-0.4, -0.2) is 125 Å². The molecule has 2 saturated heterocycles. The molecule has 16 heteroatoms. The molecule has 266 valence electrons. The van der Waals surface area contributed by atoms with Crippen molar-refractivity contribution in [3.63, 3.8) is 0 Å². The monoisotopic (exact) mass is 664 g/mol. The zero-order valence-electron chi connectivity index (χ0n) is 27.7. The highest BCUT2D eigenvalue weighted by molar-refractivity contribution is 5.75. The largest absolute Gasteiger partial charge is 0.506 e. The van der Waals surface area contributed by atoms with Crippen molar-refractivity contribution < 1.29 is 68.3 Å². The standard InChI is InChI=1S/C30H52N2O14/c1-9-11-20(44-27(38)19(35)13-18(10-2)40-7)22(31-16(5)33)28(39)46-26-15(4)43-30(25(37)24(26)36)45-21-12-14(3)42-29(41-8)23(21)32-17(6)34/h13-15,18,21,23-30,35-39H,9-12H2,1-8H3,(H,31,33)(H,32,34)/b19-13+,22-20+. The van der Waals surface area contributed by atoms with Crippen molar-refractivity contribution in [2.45, 2.75) is 141 Å². The van der Waals surface area contributed by atoms with E-state index in [2.05, 4.69) is 10.6 Å². The third-order valence-electron chi connectivity index (χ3n) is 7.50. The highest BCUT2D eigenvalue weighted by atomic mass is 16.7. The molecule has 0 bridgehead atoms. The van der Waals surface area contributed by atoms with Gasteiger partial charge in [0.05, 0.1) is 24.4 Å². The van der Waals surface area contributed by atoms with Crippen molar-refractivity contribution in [1.29, 1.82) is 0 Å². The normalized spacial score (nSPS) is 33.0. The van der Waals surface area contributed by atoms with Crippen molar-refractivity contribution in [2.75, 3.05) is 14.2 Å². The molecule has 0 aliphatic carbocycles. The van der Waals surface area contributed by atoms with Crippen LogP contribution in [0.25, 0.3) is 0 Å². The highest BCUT2D eigenvalue weighted by Gasteiger charge is 2.48. The Balaban J connectivity index is 2.27. The molecule has 0 radical (unpaired) electrons. The van der Waals surface area contributed by atoms with Gasteiger partial charge in [0, 0.05) is 40.9 Å². The molecule has 0 aromatic heterocycles. The summed E-state index contributed by atoms with van der Waals surface area (Å²) in [5.74, 6) is -1.61. The molecular weight excluding hydrogens is 612 g/mol. The second-order valence-corrected chi connectivity index (χ2v) is 11.3. The number of amides is 2. The predicted molar refractivity (Wildman–Crippen MR) is 160 cm³/mol. The first-order chi connectivity index (χ1) is 21.7. The van der Waals surface area contributed by atoms with Gasteiger partial charge in [0.15, 0.2) is 24.6 Å². The molecule has 2 amide bonds. The van der Waals surface area contributed by atoms with Crippen LogP contribution in [0.4, 0.5) is 0 Å². The van der Waals surface area contributed by atoms with Crippen molar-refractivity contribution in [2.24, 2.45) is 0 Å². The van der Waals surface area contributed by atoms with Gasteiger partial charge < -0.3 is 69.3 Å². The van der Waals surface area contributed by atoms with Crippen molar-refractivity contribution in [1.82, 2.24) is 10.6 Å². The molecule has 0 aromatic carbocycles. The summed E-state index contributed by atoms with van der Waals surface area (Å²) in [6.45, 7) is 9.43. The number of rotatable bonds is 16. The summed E-state index contributed by atoms with van der Waals surface area (Å²) in [7, 11) is 2.86. The average molecular weight is 665 g/mol. The van der Waals surface area contributed by atoms with E-state index in [4.69, 9.17) is 33.2 Å². The Hall–Kier alpha value is -2.38. The third-order valence-corrected chi connectivity index (χ3v) is 7.50. The van der Waals surface area contributed by atoms with E-state index >= 15 is 0 Å². The number of hydrogen-bond acceptors (Lipinski definition) is 14. The second-order valence-electron chi connectivity index (χ2n) is 11.3. The molecule has 2 aliphatic rings.